The average Bonchev–Trinajstić information content (AvgIpc) is 3.86. The molecule has 2 aliphatic rings. The van der Waals surface area contributed by atoms with Gasteiger partial charge in [-0.25, -0.2) is 0 Å². The van der Waals surface area contributed by atoms with Crippen molar-refractivity contribution in [3.05, 3.63) is 229 Å². The SMILES string of the molecule is C1=CC2C(c3ccccc3N2c2ccc(-c3cccc(-c4ccccc4)c3)cc2)c2c1n(-c1ccc(-c3cccc(-c4ccccc4)c3)cc1)c1ccccc21.CC.CC. The summed E-state index contributed by atoms with van der Waals surface area (Å²) >= 11 is 0. The number of hydrogen-bond acceptors (Lipinski definition) is 1. The van der Waals surface area contributed by atoms with Crippen molar-refractivity contribution in [1.82, 2.24) is 4.57 Å². The highest BCUT2D eigenvalue weighted by atomic mass is 15.2. The molecular weight excluding hydrogens is 725 g/mol. The number of aromatic nitrogens is 1. The maximum Gasteiger partial charge on any atom is 0.0637 e. The average molecular weight is 775 g/mol. The second-order valence-electron chi connectivity index (χ2n) is 14.9. The summed E-state index contributed by atoms with van der Waals surface area (Å²) in [7, 11) is 0. The smallest absolute Gasteiger partial charge is 0.0637 e. The molecular formula is C58H50N2. The molecule has 60 heavy (non-hydrogen) atoms. The van der Waals surface area contributed by atoms with Crippen LogP contribution >= 0.6 is 0 Å². The third-order valence-electron chi connectivity index (χ3n) is 11.8. The predicted octanol–water partition coefficient (Wildman–Crippen LogP) is 16.0. The summed E-state index contributed by atoms with van der Waals surface area (Å²) in [5.41, 5.74) is 18.7. The van der Waals surface area contributed by atoms with Crippen LogP contribution in [0.25, 0.3) is 67.2 Å². The van der Waals surface area contributed by atoms with E-state index >= 15 is 0 Å². The van der Waals surface area contributed by atoms with Gasteiger partial charge < -0.3 is 9.47 Å². The summed E-state index contributed by atoms with van der Waals surface area (Å²) in [5, 5.41) is 1.31. The van der Waals surface area contributed by atoms with Crippen LogP contribution in [0.4, 0.5) is 11.4 Å². The van der Waals surface area contributed by atoms with E-state index in [1.54, 1.807) is 0 Å². The maximum absolute atomic E-state index is 2.55. The normalized spacial score (nSPS) is 14.6. The molecule has 1 aliphatic heterocycles. The second-order valence-corrected chi connectivity index (χ2v) is 14.9. The molecule has 11 rings (SSSR count). The molecule has 0 saturated carbocycles. The molecule has 0 spiro atoms. The summed E-state index contributed by atoms with van der Waals surface area (Å²) in [5.74, 6) is 0.194. The quantitative estimate of drug-likeness (QED) is 0.163. The van der Waals surface area contributed by atoms with Gasteiger partial charge in [0.1, 0.15) is 0 Å². The summed E-state index contributed by atoms with van der Waals surface area (Å²) < 4.78 is 2.46. The van der Waals surface area contributed by atoms with Crippen molar-refractivity contribution in [3.63, 3.8) is 0 Å². The van der Waals surface area contributed by atoms with Gasteiger partial charge in [-0.05, 0) is 110 Å². The first-order valence-corrected chi connectivity index (χ1v) is 21.5. The molecule has 0 amide bonds. The number of hydrogen-bond donors (Lipinski definition) is 0. The highest BCUT2D eigenvalue weighted by Crippen LogP contribution is 2.54. The molecule has 2 heterocycles. The summed E-state index contributed by atoms with van der Waals surface area (Å²) in [4.78, 5) is 2.55. The van der Waals surface area contributed by atoms with E-state index in [1.165, 1.54) is 89.3 Å². The van der Waals surface area contributed by atoms with Gasteiger partial charge in [0, 0.05) is 28.4 Å². The molecule has 2 atom stereocenters. The van der Waals surface area contributed by atoms with E-state index in [1.807, 2.05) is 27.7 Å². The van der Waals surface area contributed by atoms with Crippen LogP contribution in [0, 0.1) is 0 Å². The fraction of sp³-hybridized carbons (Fsp3) is 0.103. The van der Waals surface area contributed by atoms with E-state index in [-0.39, 0.29) is 12.0 Å². The molecule has 2 nitrogen and oxygen atoms in total. The van der Waals surface area contributed by atoms with Crippen molar-refractivity contribution in [2.24, 2.45) is 0 Å². The van der Waals surface area contributed by atoms with Gasteiger partial charge in [0.25, 0.3) is 0 Å². The first-order chi connectivity index (χ1) is 29.8. The Labute approximate surface area is 355 Å². The molecule has 1 aliphatic carbocycles. The number of anilines is 2. The lowest BCUT2D eigenvalue weighted by Crippen LogP contribution is -2.30. The number of nitrogens with zero attached hydrogens (tertiary/aromatic N) is 2. The summed E-state index contributed by atoms with van der Waals surface area (Å²) in [6, 6.07) is 75.3. The van der Waals surface area contributed by atoms with Crippen molar-refractivity contribution in [1.29, 1.82) is 0 Å². The van der Waals surface area contributed by atoms with E-state index in [2.05, 4.69) is 228 Å². The van der Waals surface area contributed by atoms with E-state index in [4.69, 9.17) is 0 Å². The molecule has 0 radical (unpaired) electrons. The first-order valence-electron chi connectivity index (χ1n) is 21.5. The zero-order valence-electron chi connectivity index (χ0n) is 34.8. The van der Waals surface area contributed by atoms with Gasteiger partial charge in [-0.2, -0.15) is 0 Å². The zero-order valence-corrected chi connectivity index (χ0v) is 34.8. The minimum atomic E-state index is 0.158. The minimum absolute atomic E-state index is 0.158. The molecule has 0 N–H and O–H groups in total. The highest BCUT2D eigenvalue weighted by Gasteiger charge is 2.43. The van der Waals surface area contributed by atoms with Gasteiger partial charge in [0.2, 0.25) is 0 Å². The fourth-order valence-electron chi connectivity index (χ4n) is 9.18. The van der Waals surface area contributed by atoms with Gasteiger partial charge in [0.15, 0.2) is 0 Å². The number of rotatable bonds is 6. The minimum Gasteiger partial charge on any atom is -0.333 e. The molecule has 2 heteroatoms. The molecule has 2 unspecified atom stereocenters. The van der Waals surface area contributed by atoms with Crippen molar-refractivity contribution >= 4 is 28.4 Å². The van der Waals surface area contributed by atoms with Crippen molar-refractivity contribution < 1.29 is 0 Å². The Balaban J connectivity index is 0.00000112. The van der Waals surface area contributed by atoms with E-state index in [0.29, 0.717) is 0 Å². The first kappa shape index (κ1) is 38.4. The lowest BCUT2D eigenvalue weighted by atomic mass is 9.82. The van der Waals surface area contributed by atoms with Gasteiger partial charge in [-0.15, -0.1) is 0 Å². The van der Waals surface area contributed by atoms with Gasteiger partial charge >= 0.3 is 0 Å². The Morgan fingerprint density at radius 1 is 0.383 bits per heavy atom. The van der Waals surface area contributed by atoms with Crippen LogP contribution in [0.5, 0.6) is 0 Å². The van der Waals surface area contributed by atoms with Crippen LogP contribution in [0.15, 0.2) is 212 Å². The molecule has 292 valence electrons. The summed E-state index contributed by atoms with van der Waals surface area (Å²) in [6.07, 6.45) is 4.80. The predicted molar refractivity (Wildman–Crippen MR) is 257 cm³/mol. The lowest BCUT2D eigenvalue weighted by Gasteiger charge is -2.31. The van der Waals surface area contributed by atoms with E-state index < -0.39 is 0 Å². The van der Waals surface area contributed by atoms with Crippen LogP contribution < -0.4 is 4.90 Å². The van der Waals surface area contributed by atoms with Crippen molar-refractivity contribution in [3.8, 4) is 50.2 Å². The molecule has 9 aromatic rings. The van der Waals surface area contributed by atoms with E-state index in [9.17, 15) is 0 Å². The third kappa shape index (κ3) is 6.84. The van der Waals surface area contributed by atoms with Crippen molar-refractivity contribution in [2.45, 2.75) is 39.7 Å². The fourth-order valence-corrected chi connectivity index (χ4v) is 9.18. The third-order valence-corrected chi connectivity index (χ3v) is 11.8. The molecule has 0 saturated heterocycles. The van der Waals surface area contributed by atoms with Gasteiger partial charge in [-0.1, -0.05) is 191 Å². The lowest BCUT2D eigenvalue weighted by molar-refractivity contribution is 0.725. The molecule has 0 fully saturated rings. The Morgan fingerprint density at radius 3 is 1.40 bits per heavy atom. The topological polar surface area (TPSA) is 8.17 Å². The van der Waals surface area contributed by atoms with Gasteiger partial charge in [-0.3, -0.25) is 0 Å². The van der Waals surface area contributed by atoms with Gasteiger partial charge in [0.05, 0.1) is 17.3 Å². The Hall–Kier alpha value is -7.16. The number of benzene rings is 8. The number of para-hydroxylation sites is 2. The zero-order chi connectivity index (χ0) is 41.0. The van der Waals surface area contributed by atoms with Crippen LogP contribution in [0.1, 0.15) is 50.4 Å². The Morgan fingerprint density at radius 2 is 0.833 bits per heavy atom. The van der Waals surface area contributed by atoms with Crippen LogP contribution in [-0.2, 0) is 0 Å². The van der Waals surface area contributed by atoms with E-state index in [0.717, 1.165) is 0 Å². The monoisotopic (exact) mass is 774 g/mol. The number of fused-ring (bicyclic) bond motifs is 7. The standard InChI is InChI=1S/C54H38N2.2C2H6/c1-3-13-37(14-4-1)41-17-11-19-43(35-41)39-25-29-45(30-26-39)55-49-23-9-7-21-47(49)53-51(55)33-34-52-54(53)48-22-8-10-24-50(48)56(52)46-31-27-40(28-32-46)44-20-12-18-42(36-44)38-15-5-2-6-16-38;2*1-2/h1-36,51,53H;2*1-2H3. The van der Waals surface area contributed by atoms with Crippen LogP contribution in [0.3, 0.4) is 0 Å². The van der Waals surface area contributed by atoms with Crippen LogP contribution in [0.2, 0.25) is 0 Å². The van der Waals surface area contributed by atoms with Crippen LogP contribution in [-0.4, -0.2) is 10.6 Å². The maximum atomic E-state index is 2.55. The second kappa shape index (κ2) is 17.0. The Kier molecular flexibility index (Phi) is 10.9. The van der Waals surface area contributed by atoms with Crippen molar-refractivity contribution in [2.75, 3.05) is 4.90 Å². The molecule has 8 aromatic carbocycles. The molecule has 1 aromatic heterocycles. The molecule has 0 bridgehead atoms. The Bertz CT molecular complexity index is 2900. The largest absolute Gasteiger partial charge is 0.333 e. The summed E-state index contributed by atoms with van der Waals surface area (Å²) in [6.45, 7) is 8.00. The highest BCUT2D eigenvalue weighted by molar-refractivity contribution is 5.94.